The van der Waals surface area contributed by atoms with E-state index in [1.807, 2.05) is 38.6 Å². The second kappa shape index (κ2) is 6.02. The molecule has 0 unspecified atom stereocenters. The lowest BCUT2D eigenvalue weighted by atomic mass is 9.80. The van der Waals surface area contributed by atoms with E-state index < -0.39 is 11.1 Å². The summed E-state index contributed by atoms with van der Waals surface area (Å²) >= 11 is 0. The summed E-state index contributed by atoms with van der Waals surface area (Å²) in [6, 6.07) is 0. The fraction of sp³-hybridized carbons (Fsp3) is 0.867. The Morgan fingerprint density at radius 1 is 1.29 bits per heavy atom. The molecular weight excluding hydrogens is 268 g/mol. The molecular formula is C15H27N4O2. The fourth-order valence-electron chi connectivity index (χ4n) is 3.24. The highest BCUT2D eigenvalue weighted by molar-refractivity contribution is 4.97. The van der Waals surface area contributed by atoms with Crippen LogP contribution in [-0.4, -0.2) is 37.2 Å². The zero-order valence-electron chi connectivity index (χ0n) is 13.8. The molecule has 1 fully saturated rings. The molecule has 0 aromatic carbocycles. The van der Waals surface area contributed by atoms with Crippen LogP contribution in [0.4, 0.5) is 0 Å². The summed E-state index contributed by atoms with van der Waals surface area (Å²) in [5, 5.41) is 21.7. The van der Waals surface area contributed by atoms with Gasteiger partial charge >= 0.3 is 0 Å². The average molecular weight is 295 g/mol. The van der Waals surface area contributed by atoms with Crippen LogP contribution in [0.2, 0.25) is 0 Å². The second-order valence-corrected chi connectivity index (χ2v) is 7.23. The van der Waals surface area contributed by atoms with Crippen LogP contribution in [0.3, 0.4) is 0 Å². The van der Waals surface area contributed by atoms with Crippen LogP contribution < -0.4 is 0 Å². The molecule has 2 heterocycles. The summed E-state index contributed by atoms with van der Waals surface area (Å²) in [7, 11) is 0. The Hall–Kier alpha value is -0.980. The lowest BCUT2D eigenvalue weighted by Gasteiger charge is -2.49. The zero-order valence-corrected chi connectivity index (χ0v) is 13.8. The van der Waals surface area contributed by atoms with Gasteiger partial charge in [-0.1, -0.05) is 12.1 Å². The summed E-state index contributed by atoms with van der Waals surface area (Å²) in [5.41, 5.74) is 0.0574. The molecule has 6 heteroatoms. The van der Waals surface area contributed by atoms with Gasteiger partial charge in [-0.3, -0.25) is 4.68 Å². The molecule has 1 saturated heterocycles. The van der Waals surface area contributed by atoms with Crippen LogP contribution in [0, 0.1) is 0 Å². The van der Waals surface area contributed by atoms with E-state index in [1.54, 1.807) is 0 Å². The second-order valence-electron chi connectivity index (χ2n) is 7.23. The van der Waals surface area contributed by atoms with Gasteiger partial charge in [-0.15, -0.1) is 15.4 Å². The van der Waals surface area contributed by atoms with Gasteiger partial charge in [0.25, 0.3) is 0 Å². The predicted molar refractivity (Wildman–Crippen MR) is 78.8 cm³/mol. The summed E-state index contributed by atoms with van der Waals surface area (Å²) in [5.74, 6) is 0. The quantitative estimate of drug-likeness (QED) is 0.837. The molecule has 1 aromatic rings. The maximum absolute atomic E-state index is 12.3. The SMILES string of the molecule is CCCn1cc(COC2CC(C)(C)N([O])C(C)(C)C2)nn1. The van der Waals surface area contributed by atoms with E-state index in [-0.39, 0.29) is 6.10 Å². The van der Waals surface area contributed by atoms with Crippen LogP contribution in [0.1, 0.15) is 59.6 Å². The molecule has 0 amide bonds. The maximum atomic E-state index is 12.3. The largest absolute Gasteiger partial charge is 0.372 e. The van der Waals surface area contributed by atoms with Crippen molar-refractivity contribution in [3.63, 3.8) is 0 Å². The van der Waals surface area contributed by atoms with Crippen molar-refractivity contribution in [2.45, 2.75) is 84.2 Å². The number of hydrogen-bond acceptors (Lipinski definition) is 4. The minimum atomic E-state index is -0.397. The molecule has 0 bridgehead atoms. The first-order valence-corrected chi connectivity index (χ1v) is 7.73. The van der Waals surface area contributed by atoms with Crippen LogP contribution >= 0.6 is 0 Å². The van der Waals surface area contributed by atoms with E-state index in [4.69, 9.17) is 4.74 Å². The predicted octanol–water partition coefficient (Wildman–Crippen LogP) is 2.57. The minimum Gasteiger partial charge on any atom is -0.372 e. The lowest BCUT2D eigenvalue weighted by Crippen LogP contribution is -2.59. The molecule has 0 atom stereocenters. The number of aryl methyl sites for hydroxylation is 1. The Morgan fingerprint density at radius 2 is 1.90 bits per heavy atom. The highest BCUT2D eigenvalue weighted by Crippen LogP contribution is 2.38. The molecule has 1 aliphatic rings. The van der Waals surface area contributed by atoms with Crippen molar-refractivity contribution < 1.29 is 9.94 Å². The number of aromatic nitrogens is 3. The first-order chi connectivity index (χ1) is 9.74. The van der Waals surface area contributed by atoms with Gasteiger partial charge in [0.2, 0.25) is 0 Å². The monoisotopic (exact) mass is 295 g/mol. The van der Waals surface area contributed by atoms with Crippen LogP contribution in [0.5, 0.6) is 0 Å². The molecule has 6 nitrogen and oxygen atoms in total. The number of hydroxylamine groups is 2. The fourth-order valence-corrected chi connectivity index (χ4v) is 3.24. The van der Waals surface area contributed by atoms with E-state index in [0.717, 1.165) is 31.5 Å². The van der Waals surface area contributed by atoms with Gasteiger partial charge in [-0.05, 0) is 47.0 Å². The third-order valence-corrected chi connectivity index (χ3v) is 4.06. The third-order valence-electron chi connectivity index (χ3n) is 4.06. The van der Waals surface area contributed by atoms with Crippen LogP contribution in [-0.2, 0) is 23.1 Å². The molecule has 0 saturated carbocycles. The molecule has 119 valence electrons. The van der Waals surface area contributed by atoms with Gasteiger partial charge in [-0.25, -0.2) is 0 Å². The van der Waals surface area contributed by atoms with Gasteiger partial charge in [0.1, 0.15) is 5.69 Å². The number of ether oxygens (including phenoxy) is 1. The number of rotatable bonds is 5. The standard InChI is InChI=1S/C15H27N4O2/c1-6-7-18-10-12(16-17-18)11-21-13-8-14(2,3)19(20)15(4,5)9-13/h10,13H,6-9,11H2,1-5H3. The topological polar surface area (TPSA) is 63.1 Å². The van der Waals surface area contributed by atoms with Crippen molar-refractivity contribution >= 4 is 0 Å². The zero-order chi connectivity index (χ0) is 15.7. The van der Waals surface area contributed by atoms with Crippen molar-refractivity contribution in [2.24, 2.45) is 0 Å². The molecule has 0 N–H and O–H groups in total. The van der Waals surface area contributed by atoms with Gasteiger partial charge in [0.05, 0.1) is 18.9 Å². The van der Waals surface area contributed by atoms with Crippen LogP contribution in [0.25, 0.3) is 0 Å². The smallest absolute Gasteiger partial charge is 0.108 e. The lowest BCUT2D eigenvalue weighted by molar-refractivity contribution is -0.301. The molecule has 1 aliphatic heterocycles. The van der Waals surface area contributed by atoms with Crippen molar-refractivity contribution in [3.8, 4) is 0 Å². The summed E-state index contributed by atoms with van der Waals surface area (Å²) in [4.78, 5) is 0. The van der Waals surface area contributed by atoms with Gasteiger partial charge in [0, 0.05) is 17.6 Å². The molecule has 0 aliphatic carbocycles. The van der Waals surface area contributed by atoms with Crippen LogP contribution in [0.15, 0.2) is 6.20 Å². The highest BCUT2D eigenvalue weighted by Gasteiger charge is 2.46. The maximum Gasteiger partial charge on any atom is 0.108 e. The molecule has 1 radical (unpaired) electrons. The van der Waals surface area contributed by atoms with Gasteiger partial charge in [0.15, 0.2) is 0 Å². The third kappa shape index (κ3) is 3.81. The number of piperidine rings is 1. The first-order valence-electron chi connectivity index (χ1n) is 7.73. The van der Waals surface area contributed by atoms with Crippen molar-refractivity contribution in [1.29, 1.82) is 0 Å². The number of hydrogen-bond donors (Lipinski definition) is 0. The summed E-state index contributed by atoms with van der Waals surface area (Å²) in [6.45, 7) is 11.4. The Bertz CT molecular complexity index is 452. The van der Waals surface area contributed by atoms with Crippen molar-refractivity contribution in [2.75, 3.05) is 0 Å². The summed E-state index contributed by atoms with van der Waals surface area (Å²) < 4.78 is 7.84. The van der Waals surface area contributed by atoms with Crippen molar-refractivity contribution in [1.82, 2.24) is 20.1 Å². The molecule has 0 spiro atoms. The molecule has 21 heavy (non-hydrogen) atoms. The van der Waals surface area contributed by atoms with E-state index in [0.29, 0.717) is 6.61 Å². The molecule has 2 rings (SSSR count). The highest BCUT2D eigenvalue weighted by atomic mass is 16.5. The Morgan fingerprint density at radius 3 is 2.48 bits per heavy atom. The van der Waals surface area contributed by atoms with E-state index in [1.165, 1.54) is 5.06 Å². The van der Waals surface area contributed by atoms with E-state index >= 15 is 0 Å². The normalized spacial score (nSPS) is 22.6. The summed E-state index contributed by atoms with van der Waals surface area (Å²) in [6.07, 6.45) is 4.53. The van der Waals surface area contributed by atoms with E-state index in [2.05, 4.69) is 17.2 Å². The first kappa shape index (κ1) is 16.4. The van der Waals surface area contributed by atoms with E-state index in [9.17, 15) is 5.21 Å². The Kier molecular flexibility index (Phi) is 4.70. The molecule has 1 aromatic heterocycles. The Labute approximate surface area is 127 Å². The van der Waals surface area contributed by atoms with Gasteiger partial charge in [-0.2, -0.15) is 0 Å². The number of nitrogens with zero attached hydrogens (tertiary/aromatic N) is 4. The minimum absolute atomic E-state index is 0.0801. The Balaban J connectivity index is 1.93. The van der Waals surface area contributed by atoms with Gasteiger partial charge < -0.3 is 4.74 Å². The van der Waals surface area contributed by atoms with Crippen molar-refractivity contribution in [3.05, 3.63) is 11.9 Å². The average Bonchev–Trinajstić information content (AvgIpc) is 2.81.